The highest BCUT2D eigenvalue weighted by molar-refractivity contribution is 5.90. The van der Waals surface area contributed by atoms with Gasteiger partial charge in [0.15, 0.2) is 0 Å². The molecule has 1 aromatic heterocycles. The molecule has 2 aromatic rings. The SMILES string of the molecule is O=C(CCc1ccc(F)cc1)Nc1ccc(N2CCCC2)nc1. The van der Waals surface area contributed by atoms with E-state index in [0.29, 0.717) is 18.5 Å². The molecule has 2 heterocycles. The molecule has 0 atom stereocenters. The Bertz CT molecular complexity index is 649. The van der Waals surface area contributed by atoms with Crippen molar-refractivity contribution < 1.29 is 9.18 Å². The third kappa shape index (κ3) is 4.28. The smallest absolute Gasteiger partial charge is 0.224 e. The number of rotatable bonds is 5. The molecule has 0 radical (unpaired) electrons. The summed E-state index contributed by atoms with van der Waals surface area (Å²) in [6.45, 7) is 2.10. The van der Waals surface area contributed by atoms with Crippen molar-refractivity contribution >= 4 is 17.4 Å². The quantitative estimate of drug-likeness (QED) is 0.920. The summed E-state index contributed by atoms with van der Waals surface area (Å²) in [5.74, 6) is 0.638. The van der Waals surface area contributed by atoms with Crippen molar-refractivity contribution in [2.24, 2.45) is 0 Å². The molecule has 23 heavy (non-hydrogen) atoms. The molecule has 3 rings (SSSR count). The first-order valence-corrected chi connectivity index (χ1v) is 7.96. The van der Waals surface area contributed by atoms with Gasteiger partial charge in [0.25, 0.3) is 0 Å². The summed E-state index contributed by atoms with van der Waals surface area (Å²) in [6, 6.07) is 10.1. The minimum atomic E-state index is -0.262. The van der Waals surface area contributed by atoms with Crippen LogP contribution in [0.2, 0.25) is 0 Å². The zero-order chi connectivity index (χ0) is 16.1. The molecule has 0 saturated carbocycles. The zero-order valence-electron chi connectivity index (χ0n) is 13.0. The Balaban J connectivity index is 1.50. The lowest BCUT2D eigenvalue weighted by Crippen LogP contribution is -2.19. The van der Waals surface area contributed by atoms with Gasteiger partial charge in [0.05, 0.1) is 11.9 Å². The maximum atomic E-state index is 12.8. The minimum Gasteiger partial charge on any atom is -0.357 e. The number of benzene rings is 1. The van der Waals surface area contributed by atoms with Crippen LogP contribution >= 0.6 is 0 Å². The van der Waals surface area contributed by atoms with Gasteiger partial charge in [-0.05, 0) is 49.1 Å². The van der Waals surface area contributed by atoms with Crippen LogP contribution in [0.3, 0.4) is 0 Å². The van der Waals surface area contributed by atoms with Gasteiger partial charge in [-0.15, -0.1) is 0 Å². The van der Waals surface area contributed by atoms with E-state index >= 15 is 0 Å². The number of nitrogens with zero attached hydrogens (tertiary/aromatic N) is 2. The highest BCUT2D eigenvalue weighted by Crippen LogP contribution is 2.19. The summed E-state index contributed by atoms with van der Waals surface area (Å²) < 4.78 is 12.8. The number of amides is 1. The fraction of sp³-hybridized carbons (Fsp3) is 0.333. The number of hydrogen-bond donors (Lipinski definition) is 1. The maximum absolute atomic E-state index is 12.8. The lowest BCUT2D eigenvalue weighted by molar-refractivity contribution is -0.116. The fourth-order valence-electron chi connectivity index (χ4n) is 2.73. The number of aryl methyl sites for hydroxylation is 1. The van der Waals surface area contributed by atoms with Crippen LogP contribution in [0.1, 0.15) is 24.8 Å². The average molecular weight is 313 g/mol. The molecule has 120 valence electrons. The van der Waals surface area contributed by atoms with Crippen LogP contribution in [0.4, 0.5) is 15.9 Å². The molecule has 0 aliphatic carbocycles. The van der Waals surface area contributed by atoms with Crippen molar-refractivity contribution in [2.45, 2.75) is 25.7 Å². The highest BCUT2D eigenvalue weighted by atomic mass is 19.1. The normalized spacial score (nSPS) is 14.0. The number of carbonyl (C=O) groups excluding carboxylic acids is 1. The lowest BCUT2D eigenvalue weighted by atomic mass is 10.1. The molecule has 5 heteroatoms. The number of carbonyl (C=O) groups is 1. The van der Waals surface area contributed by atoms with E-state index in [2.05, 4.69) is 15.2 Å². The number of pyridine rings is 1. The van der Waals surface area contributed by atoms with E-state index in [1.165, 1.54) is 25.0 Å². The van der Waals surface area contributed by atoms with Gasteiger partial charge in [-0.2, -0.15) is 0 Å². The Hall–Kier alpha value is -2.43. The van der Waals surface area contributed by atoms with Crippen LogP contribution in [-0.2, 0) is 11.2 Å². The number of halogens is 1. The first-order chi connectivity index (χ1) is 11.2. The highest BCUT2D eigenvalue weighted by Gasteiger charge is 2.13. The van der Waals surface area contributed by atoms with Crippen molar-refractivity contribution in [1.29, 1.82) is 0 Å². The van der Waals surface area contributed by atoms with Gasteiger partial charge in [-0.1, -0.05) is 12.1 Å². The molecule has 1 N–H and O–H groups in total. The predicted molar refractivity (Wildman–Crippen MR) is 89.0 cm³/mol. The second kappa shape index (κ2) is 7.22. The molecule has 0 bridgehead atoms. The maximum Gasteiger partial charge on any atom is 0.224 e. The number of nitrogens with one attached hydrogen (secondary N) is 1. The Morgan fingerprint density at radius 3 is 2.52 bits per heavy atom. The molecular weight excluding hydrogens is 293 g/mol. The first kappa shape index (κ1) is 15.5. The van der Waals surface area contributed by atoms with E-state index < -0.39 is 0 Å². The van der Waals surface area contributed by atoms with Crippen LogP contribution in [0.15, 0.2) is 42.6 Å². The summed E-state index contributed by atoms with van der Waals surface area (Å²) in [7, 11) is 0. The van der Waals surface area contributed by atoms with Crippen molar-refractivity contribution in [2.75, 3.05) is 23.3 Å². The average Bonchev–Trinajstić information content (AvgIpc) is 3.09. The second-order valence-electron chi connectivity index (χ2n) is 5.77. The summed E-state index contributed by atoms with van der Waals surface area (Å²) in [6.07, 6.45) is 5.07. The van der Waals surface area contributed by atoms with Gasteiger partial charge in [-0.25, -0.2) is 9.37 Å². The standard InChI is InChI=1S/C18H20FN3O/c19-15-6-3-14(4-7-15)5-10-18(23)21-16-8-9-17(20-13-16)22-11-1-2-12-22/h3-4,6-9,13H,1-2,5,10-12H2,(H,21,23). The van der Waals surface area contributed by atoms with E-state index in [1.54, 1.807) is 18.3 Å². The number of anilines is 2. The largest absolute Gasteiger partial charge is 0.357 e. The molecule has 1 saturated heterocycles. The summed E-state index contributed by atoms with van der Waals surface area (Å²) in [5.41, 5.74) is 1.65. The third-order valence-electron chi connectivity index (χ3n) is 4.02. The molecule has 1 aromatic carbocycles. The van der Waals surface area contributed by atoms with Gasteiger partial charge < -0.3 is 10.2 Å². The Morgan fingerprint density at radius 1 is 1.13 bits per heavy atom. The van der Waals surface area contributed by atoms with Crippen LogP contribution in [0, 0.1) is 5.82 Å². The zero-order valence-corrected chi connectivity index (χ0v) is 13.0. The monoisotopic (exact) mass is 313 g/mol. The van der Waals surface area contributed by atoms with Crippen LogP contribution in [0.25, 0.3) is 0 Å². The van der Waals surface area contributed by atoms with Crippen molar-refractivity contribution in [3.63, 3.8) is 0 Å². The molecular formula is C18H20FN3O. The minimum absolute atomic E-state index is 0.0648. The summed E-state index contributed by atoms with van der Waals surface area (Å²) in [5, 5.41) is 2.85. The van der Waals surface area contributed by atoms with Crippen LogP contribution in [-0.4, -0.2) is 24.0 Å². The van der Waals surface area contributed by atoms with E-state index in [4.69, 9.17) is 0 Å². The number of hydrogen-bond acceptors (Lipinski definition) is 3. The van der Waals surface area contributed by atoms with Gasteiger partial charge in [0, 0.05) is 19.5 Å². The second-order valence-corrected chi connectivity index (χ2v) is 5.77. The third-order valence-corrected chi connectivity index (χ3v) is 4.02. The van der Waals surface area contributed by atoms with Gasteiger partial charge in [0.2, 0.25) is 5.91 Å². The number of aromatic nitrogens is 1. The van der Waals surface area contributed by atoms with E-state index in [9.17, 15) is 9.18 Å². The molecule has 4 nitrogen and oxygen atoms in total. The van der Waals surface area contributed by atoms with Crippen molar-refractivity contribution in [3.05, 3.63) is 54.0 Å². The van der Waals surface area contributed by atoms with E-state index in [-0.39, 0.29) is 11.7 Å². The Kier molecular flexibility index (Phi) is 4.86. The fourth-order valence-corrected chi connectivity index (χ4v) is 2.73. The predicted octanol–water partition coefficient (Wildman–Crippen LogP) is 3.39. The van der Waals surface area contributed by atoms with Crippen LogP contribution < -0.4 is 10.2 Å². The molecule has 0 unspecified atom stereocenters. The molecule has 1 fully saturated rings. The molecule has 1 amide bonds. The molecule has 1 aliphatic rings. The summed E-state index contributed by atoms with van der Waals surface area (Å²) >= 11 is 0. The van der Waals surface area contributed by atoms with Crippen molar-refractivity contribution in [3.8, 4) is 0 Å². The lowest BCUT2D eigenvalue weighted by Gasteiger charge is -2.16. The van der Waals surface area contributed by atoms with E-state index in [1.807, 2.05) is 12.1 Å². The Morgan fingerprint density at radius 2 is 1.87 bits per heavy atom. The van der Waals surface area contributed by atoms with Crippen molar-refractivity contribution in [1.82, 2.24) is 4.98 Å². The van der Waals surface area contributed by atoms with Gasteiger partial charge in [-0.3, -0.25) is 4.79 Å². The topological polar surface area (TPSA) is 45.2 Å². The first-order valence-electron chi connectivity index (χ1n) is 7.96. The summed E-state index contributed by atoms with van der Waals surface area (Å²) in [4.78, 5) is 18.6. The van der Waals surface area contributed by atoms with E-state index in [0.717, 1.165) is 24.5 Å². The molecule has 0 spiro atoms. The van der Waals surface area contributed by atoms with Crippen LogP contribution in [0.5, 0.6) is 0 Å². The molecule has 1 aliphatic heterocycles. The Labute approximate surface area is 135 Å². The van der Waals surface area contributed by atoms with Gasteiger partial charge in [0.1, 0.15) is 11.6 Å². The van der Waals surface area contributed by atoms with Gasteiger partial charge >= 0.3 is 0 Å².